The van der Waals surface area contributed by atoms with Crippen LogP contribution in [-0.2, 0) is 6.54 Å². The number of carbonyl (C=O) groups is 1. The molecule has 0 aliphatic carbocycles. The molecule has 0 bridgehead atoms. The molecule has 0 spiro atoms. The third kappa shape index (κ3) is 3.14. The van der Waals surface area contributed by atoms with Crippen molar-refractivity contribution in [1.82, 2.24) is 30.1 Å². The van der Waals surface area contributed by atoms with Crippen LogP contribution in [0.25, 0.3) is 27.8 Å². The molecule has 3 aromatic heterocycles. The van der Waals surface area contributed by atoms with Gasteiger partial charge in [-0.05, 0) is 54.6 Å². The molecular weight excluding hydrogens is 380 g/mol. The molecule has 8 heteroatoms. The Morgan fingerprint density at radius 3 is 2.77 bits per heavy atom. The van der Waals surface area contributed by atoms with Crippen molar-refractivity contribution in [1.29, 1.82) is 0 Å². The fourth-order valence-electron chi connectivity index (χ4n) is 3.40. The molecule has 0 aliphatic heterocycles. The monoisotopic (exact) mass is 398 g/mol. The lowest BCUT2D eigenvalue weighted by molar-refractivity contribution is 0.0951. The summed E-state index contributed by atoms with van der Waals surface area (Å²) >= 11 is 0. The van der Waals surface area contributed by atoms with E-state index in [0.717, 1.165) is 27.9 Å². The molecule has 2 aromatic carbocycles. The van der Waals surface area contributed by atoms with Crippen LogP contribution in [0, 0.1) is 0 Å². The highest BCUT2D eigenvalue weighted by molar-refractivity contribution is 6.06. The van der Waals surface area contributed by atoms with Crippen LogP contribution in [-0.4, -0.2) is 37.8 Å². The van der Waals surface area contributed by atoms with Crippen molar-refractivity contribution >= 4 is 22.5 Å². The minimum absolute atomic E-state index is 0.178. The smallest absolute Gasteiger partial charge is 0.252 e. The number of aromatic nitrogens is 5. The third-order valence-electron chi connectivity index (χ3n) is 4.96. The molecule has 0 atom stereocenters. The first kappa shape index (κ1) is 17.9. The highest BCUT2D eigenvalue weighted by Gasteiger charge is 2.13. The van der Waals surface area contributed by atoms with Crippen LogP contribution in [0.5, 0.6) is 5.75 Å². The zero-order chi connectivity index (χ0) is 20.5. The highest BCUT2D eigenvalue weighted by atomic mass is 16.5. The average Bonchev–Trinajstić information content (AvgIpc) is 3.44. The zero-order valence-electron chi connectivity index (χ0n) is 16.2. The maximum Gasteiger partial charge on any atom is 0.252 e. The van der Waals surface area contributed by atoms with E-state index in [1.165, 1.54) is 0 Å². The normalized spacial score (nSPS) is 11.1. The summed E-state index contributed by atoms with van der Waals surface area (Å²) in [4.78, 5) is 15.8. The van der Waals surface area contributed by atoms with Crippen LogP contribution in [0.1, 0.15) is 16.2 Å². The zero-order valence-corrected chi connectivity index (χ0v) is 16.2. The third-order valence-corrected chi connectivity index (χ3v) is 4.96. The van der Waals surface area contributed by atoms with E-state index in [2.05, 4.69) is 25.6 Å². The molecule has 0 aliphatic rings. The van der Waals surface area contributed by atoms with E-state index in [-0.39, 0.29) is 12.5 Å². The van der Waals surface area contributed by atoms with E-state index in [9.17, 15) is 4.79 Å². The Balaban J connectivity index is 1.40. The molecule has 1 amide bonds. The van der Waals surface area contributed by atoms with Crippen molar-refractivity contribution in [3.63, 3.8) is 0 Å². The van der Waals surface area contributed by atoms with Crippen molar-refractivity contribution in [3.05, 3.63) is 78.2 Å². The van der Waals surface area contributed by atoms with E-state index >= 15 is 0 Å². The molecule has 0 saturated carbocycles. The summed E-state index contributed by atoms with van der Waals surface area (Å²) in [7, 11) is 1.63. The van der Waals surface area contributed by atoms with Crippen LogP contribution < -0.4 is 10.1 Å². The number of rotatable bonds is 5. The van der Waals surface area contributed by atoms with Crippen LogP contribution in [0.2, 0.25) is 0 Å². The molecule has 0 saturated heterocycles. The summed E-state index contributed by atoms with van der Waals surface area (Å²) in [6.45, 7) is 0.208. The van der Waals surface area contributed by atoms with E-state index < -0.39 is 0 Å². The second-order valence-corrected chi connectivity index (χ2v) is 6.76. The topological polar surface area (TPSA) is 97.2 Å². The second kappa shape index (κ2) is 7.32. The summed E-state index contributed by atoms with van der Waals surface area (Å²) in [5.74, 6) is 1.16. The minimum atomic E-state index is -0.178. The van der Waals surface area contributed by atoms with Crippen LogP contribution in [0.3, 0.4) is 0 Å². The predicted octanol–water partition coefficient (Wildman–Crippen LogP) is 3.21. The van der Waals surface area contributed by atoms with Crippen molar-refractivity contribution in [2.75, 3.05) is 7.11 Å². The SMILES string of the molecule is COc1ccc(-c2ccc3nnc(CNC(=O)c4cccc5[nH]ccc45)n3n2)cc1. The Kier molecular flexibility index (Phi) is 4.36. The van der Waals surface area contributed by atoms with E-state index in [1.54, 1.807) is 17.7 Å². The molecule has 5 rings (SSSR count). The summed E-state index contributed by atoms with van der Waals surface area (Å²) in [5.41, 5.74) is 3.86. The van der Waals surface area contributed by atoms with Gasteiger partial charge < -0.3 is 15.0 Å². The number of amides is 1. The maximum atomic E-state index is 12.7. The Morgan fingerprint density at radius 2 is 1.93 bits per heavy atom. The van der Waals surface area contributed by atoms with Crippen molar-refractivity contribution in [2.45, 2.75) is 6.54 Å². The summed E-state index contributed by atoms with van der Waals surface area (Å²) in [6, 6.07) is 18.9. The second-order valence-electron chi connectivity index (χ2n) is 6.76. The lowest BCUT2D eigenvalue weighted by Gasteiger charge is -2.07. The van der Waals surface area contributed by atoms with Crippen LogP contribution in [0.15, 0.2) is 66.9 Å². The van der Waals surface area contributed by atoms with Crippen molar-refractivity contribution in [3.8, 4) is 17.0 Å². The number of H-pyrrole nitrogens is 1. The Bertz CT molecular complexity index is 1350. The van der Waals surface area contributed by atoms with Gasteiger partial charge in [0.25, 0.3) is 5.91 Å². The Hall–Kier alpha value is -4.20. The van der Waals surface area contributed by atoms with Crippen LogP contribution in [0.4, 0.5) is 0 Å². The Morgan fingerprint density at radius 1 is 1.07 bits per heavy atom. The van der Waals surface area contributed by atoms with Gasteiger partial charge in [0.1, 0.15) is 5.75 Å². The van der Waals surface area contributed by atoms with Gasteiger partial charge in [-0.2, -0.15) is 9.61 Å². The summed E-state index contributed by atoms with van der Waals surface area (Å²) in [6.07, 6.45) is 1.82. The molecular formula is C22H18N6O2. The first-order chi connectivity index (χ1) is 14.7. The highest BCUT2D eigenvalue weighted by Crippen LogP contribution is 2.21. The molecule has 0 radical (unpaired) electrons. The first-order valence-electron chi connectivity index (χ1n) is 9.43. The minimum Gasteiger partial charge on any atom is -0.497 e. The number of nitrogens with zero attached hydrogens (tertiary/aromatic N) is 4. The van der Waals surface area contributed by atoms with Gasteiger partial charge in [0, 0.05) is 28.2 Å². The lowest BCUT2D eigenvalue weighted by atomic mass is 10.1. The molecule has 148 valence electrons. The number of methoxy groups -OCH3 is 1. The molecule has 0 unspecified atom stereocenters. The molecule has 3 heterocycles. The average molecular weight is 398 g/mol. The molecule has 2 N–H and O–H groups in total. The molecule has 0 fully saturated rings. The fourth-order valence-corrected chi connectivity index (χ4v) is 3.40. The summed E-state index contributed by atoms with van der Waals surface area (Å²) < 4.78 is 6.86. The number of benzene rings is 2. The predicted molar refractivity (Wildman–Crippen MR) is 112 cm³/mol. The van der Waals surface area contributed by atoms with Gasteiger partial charge in [-0.3, -0.25) is 4.79 Å². The summed E-state index contributed by atoms with van der Waals surface area (Å²) in [5, 5.41) is 16.8. The van der Waals surface area contributed by atoms with E-state index in [1.807, 2.05) is 60.8 Å². The number of fused-ring (bicyclic) bond motifs is 2. The van der Waals surface area contributed by atoms with Crippen molar-refractivity contribution < 1.29 is 9.53 Å². The number of aromatic amines is 1. The molecule has 30 heavy (non-hydrogen) atoms. The quantitative estimate of drug-likeness (QED) is 0.474. The lowest BCUT2D eigenvalue weighted by Crippen LogP contribution is -2.24. The number of ether oxygens (including phenoxy) is 1. The number of hydrogen-bond acceptors (Lipinski definition) is 5. The number of nitrogens with one attached hydrogen (secondary N) is 2. The fraction of sp³-hybridized carbons (Fsp3) is 0.0909. The van der Waals surface area contributed by atoms with Gasteiger partial charge in [-0.15, -0.1) is 10.2 Å². The van der Waals surface area contributed by atoms with Gasteiger partial charge in [0.2, 0.25) is 0 Å². The molecule has 8 nitrogen and oxygen atoms in total. The van der Waals surface area contributed by atoms with Gasteiger partial charge in [-0.25, -0.2) is 0 Å². The van der Waals surface area contributed by atoms with E-state index in [4.69, 9.17) is 4.74 Å². The number of hydrogen-bond donors (Lipinski definition) is 2. The van der Waals surface area contributed by atoms with Gasteiger partial charge in [-0.1, -0.05) is 6.07 Å². The van der Waals surface area contributed by atoms with Gasteiger partial charge in [0.15, 0.2) is 11.5 Å². The van der Waals surface area contributed by atoms with Crippen molar-refractivity contribution in [2.24, 2.45) is 0 Å². The van der Waals surface area contributed by atoms with Gasteiger partial charge >= 0.3 is 0 Å². The Labute approximate surface area is 171 Å². The largest absolute Gasteiger partial charge is 0.497 e. The molecule has 5 aromatic rings. The first-order valence-corrected chi connectivity index (χ1v) is 9.43. The van der Waals surface area contributed by atoms with E-state index in [0.29, 0.717) is 17.0 Å². The van der Waals surface area contributed by atoms with Crippen LogP contribution >= 0.6 is 0 Å². The standard InChI is InChI=1S/C22H18N6O2/c1-30-15-7-5-14(6-8-15)18-9-10-20-25-26-21(28(20)27-18)13-24-22(29)17-3-2-4-19-16(17)11-12-23-19/h2-12,23H,13H2,1H3,(H,24,29). The maximum absolute atomic E-state index is 12.7. The van der Waals surface area contributed by atoms with Gasteiger partial charge in [0.05, 0.1) is 19.3 Å². The number of carbonyl (C=O) groups excluding carboxylic acids is 1.